The summed E-state index contributed by atoms with van der Waals surface area (Å²) in [6.45, 7) is 6.64. The van der Waals surface area contributed by atoms with Gasteiger partial charge in [0.15, 0.2) is 0 Å². The van der Waals surface area contributed by atoms with Gasteiger partial charge in [-0.2, -0.15) is 5.10 Å². The lowest BCUT2D eigenvalue weighted by Crippen LogP contribution is -2.43. The van der Waals surface area contributed by atoms with Gasteiger partial charge in [0.25, 0.3) is 5.91 Å². The zero-order chi connectivity index (χ0) is 20.9. The second-order valence-corrected chi connectivity index (χ2v) is 7.93. The predicted octanol–water partition coefficient (Wildman–Crippen LogP) is 3.76. The Morgan fingerprint density at radius 2 is 2.00 bits per heavy atom. The molecule has 1 saturated heterocycles. The van der Waals surface area contributed by atoms with Crippen molar-refractivity contribution in [2.75, 3.05) is 13.1 Å². The SMILES string of the molecule is Cc1cc(C)n(Cc2ccc(C(=O)N3CCCC(OCc4ccccn4)C3)cc2)n1. The van der Waals surface area contributed by atoms with E-state index in [1.54, 1.807) is 6.20 Å². The third-order valence-corrected chi connectivity index (χ3v) is 5.50. The van der Waals surface area contributed by atoms with Crippen molar-refractivity contribution >= 4 is 5.91 Å². The maximum atomic E-state index is 13.0. The largest absolute Gasteiger partial charge is 0.370 e. The number of benzene rings is 1. The van der Waals surface area contributed by atoms with Gasteiger partial charge >= 0.3 is 0 Å². The van der Waals surface area contributed by atoms with Crippen LogP contribution >= 0.6 is 0 Å². The monoisotopic (exact) mass is 404 g/mol. The third kappa shape index (κ3) is 4.94. The second kappa shape index (κ2) is 9.22. The Labute approximate surface area is 177 Å². The lowest BCUT2D eigenvalue weighted by Gasteiger charge is -2.32. The van der Waals surface area contributed by atoms with Crippen LogP contribution in [0.2, 0.25) is 0 Å². The molecule has 0 bridgehead atoms. The van der Waals surface area contributed by atoms with E-state index in [9.17, 15) is 4.79 Å². The van der Waals surface area contributed by atoms with Crippen LogP contribution in [0.15, 0.2) is 54.7 Å². The Kier molecular flexibility index (Phi) is 6.23. The molecule has 6 nitrogen and oxygen atoms in total. The molecule has 1 aliphatic heterocycles. The van der Waals surface area contributed by atoms with E-state index in [0.29, 0.717) is 19.7 Å². The summed E-state index contributed by atoms with van der Waals surface area (Å²) < 4.78 is 8.00. The first-order chi connectivity index (χ1) is 14.6. The van der Waals surface area contributed by atoms with Crippen molar-refractivity contribution in [1.82, 2.24) is 19.7 Å². The zero-order valence-corrected chi connectivity index (χ0v) is 17.6. The molecule has 3 aromatic rings. The molecule has 156 valence electrons. The minimum Gasteiger partial charge on any atom is -0.370 e. The Hall–Kier alpha value is -2.99. The molecular formula is C24H28N4O2. The van der Waals surface area contributed by atoms with Gasteiger partial charge < -0.3 is 9.64 Å². The van der Waals surface area contributed by atoms with Gasteiger partial charge in [0, 0.05) is 30.5 Å². The number of ether oxygens (including phenoxy) is 1. The molecule has 6 heteroatoms. The predicted molar refractivity (Wildman–Crippen MR) is 115 cm³/mol. The first-order valence-corrected chi connectivity index (χ1v) is 10.5. The van der Waals surface area contributed by atoms with Crippen molar-refractivity contribution in [3.8, 4) is 0 Å². The summed E-state index contributed by atoms with van der Waals surface area (Å²) in [5, 5.41) is 4.51. The number of rotatable bonds is 6. The number of hydrogen-bond acceptors (Lipinski definition) is 4. The molecule has 1 aliphatic rings. The molecule has 1 fully saturated rings. The van der Waals surface area contributed by atoms with Gasteiger partial charge in [-0.25, -0.2) is 0 Å². The molecule has 1 amide bonds. The molecule has 3 heterocycles. The van der Waals surface area contributed by atoms with Crippen molar-refractivity contribution in [1.29, 1.82) is 0 Å². The van der Waals surface area contributed by atoms with E-state index in [1.165, 1.54) is 0 Å². The molecule has 1 unspecified atom stereocenters. The van der Waals surface area contributed by atoms with E-state index in [-0.39, 0.29) is 12.0 Å². The number of carbonyl (C=O) groups excluding carboxylic acids is 1. The standard InChI is InChI=1S/C24H28N4O2/c1-18-14-19(2)28(26-18)15-20-8-10-21(11-9-20)24(29)27-13-5-7-23(16-27)30-17-22-6-3-4-12-25-22/h3-4,6,8-12,14,23H,5,7,13,15-17H2,1-2H3. The summed E-state index contributed by atoms with van der Waals surface area (Å²) in [5.74, 6) is 0.0683. The summed E-state index contributed by atoms with van der Waals surface area (Å²) in [5.41, 5.74) is 4.92. The molecule has 0 spiro atoms. The minimum atomic E-state index is 0.0509. The number of pyridine rings is 1. The second-order valence-electron chi connectivity index (χ2n) is 7.93. The summed E-state index contributed by atoms with van der Waals surface area (Å²) in [6.07, 6.45) is 3.75. The first kappa shape index (κ1) is 20.3. The maximum Gasteiger partial charge on any atom is 0.253 e. The number of hydrogen-bond donors (Lipinski definition) is 0. The number of carbonyl (C=O) groups is 1. The normalized spacial score (nSPS) is 16.6. The van der Waals surface area contributed by atoms with Gasteiger partial charge in [0.05, 0.1) is 30.6 Å². The smallest absolute Gasteiger partial charge is 0.253 e. The van der Waals surface area contributed by atoms with Crippen LogP contribution in [0.4, 0.5) is 0 Å². The third-order valence-electron chi connectivity index (χ3n) is 5.50. The van der Waals surface area contributed by atoms with Crippen LogP contribution in [0.1, 0.15) is 45.8 Å². The van der Waals surface area contributed by atoms with Crippen LogP contribution in [0, 0.1) is 13.8 Å². The summed E-state index contributed by atoms with van der Waals surface area (Å²) in [6, 6.07) is 15.8. The molecule has 4 rings (SSSR count). The average molecular weight is 405 g/mol. The van der Waals surface area contributed by atoms with E-state index in [4.69, 9.17) is 4.74 Å². The number of amides is 1. The van der Waals surface area contributed by atoms with Gasteiger partial charge in [-0.15, -0.1) is 0 Å². The van der Waals surface area contributed by atoms with Crippen molar-refractivity contribution in [2.24, 2.45) is 0 Å². The van der Waals surface area contributed by atoms with Crippen LogP contribution < -0.4 is 0 Å². The minimum absolute atomic E-state index is 0.0509. The Balaban J connectivity index is 1.34. The van der Waals surface area contributed by atoms with Gasteiger partial charge in [-0.1, -0.05) is 18.2 Å². The van der Waals surface area contributed by atoms with Crippen molar-refractivity contribution in [2.45, 2.75) is 45.9 Å². The molecule has 30 heavy (non-hydrogen) atoms. The van der Waals surface area contributed by atoms with Gasteiger partial charge in [0.1, 0.15) is 0 Å². The highest BCUT2D eigenvalue weighted by atomic mass is 16.5. The highest BCUT2D eigenvalue weighted by Crippen LogP contribution is 2.18. The highest BCUT2D eigenvalue weighted by molar-refractivity contribution is 5.94. The molecule has 0 radical (unpaired) electrons. The van der Waals surface area contributed by atoms with Crippen molar-refractivity contribution in [3.05, 3.63) is 82.9 Å². The topological polar surface area (TPSA) is 60.2 Å². The van der Waals surface area contributed by atoms with Crippen molar-refractivity contribution < 1.29 is 9.53 Å². The molecule has 0 saturated carbocycles. The summed E-state index contributed by atoms with van der Waals surface area (Å²) >= 11 is 0. The number of aromatic nitrogens is 3. The number of nitrogens with zero attached hydrogens (tertiary/aromatic N) is 4. The van der Waals surface area contributed by atoms with Crippen molar-refractivity contribution in [3.63, 3.8) is 0 Å². The molecule has 2 aromatic heterocycles. The van der Waals surface area contributed by atoms with E-state index >= 15 is 0 Å². The molecule has 0 N–H and O–H groups in total. The van der Waals surface area contributed by atoms with E-state index in [1.807, 2.05) is 59.0 Å². The fourth-order valence-electron chi connectivity index (χ4n) is 3.89. The quantitative estimate of drug-likeness (QED) is 0.628. The maximum absolute atomic E-state index is 13.0. The molecular weight excluding hydrogens is 376 g/mol. The van der Waals surface area contributed by atoms with Crippen LogP contribution in [-0.2, 0) is 17.9 Å². The van der Waals surface area contributed by atoms with Crippen LogP contribution in [0.3, 0.4) is 0 Å². The zero-order valence-electron chi connectivity index (χ0n) is 17.6. The molecule has 1 atom stereocenters. The summed E-state index contributed by atoms with van der Waals surface area (Å²) in [7, 11) is 0. The Morgan fingerprint density at radius 3 is 2.70 bits per heavy atom. The van der Waals surface area contributed by atoms with E-state index in [0.717, 1.165) is 47.6 Å². The van der Waals surface area contributed by atoms with Crippen LogP contribution in [-0.4, -0.2) is 44.8 Å². The van der Waals surface area contributed by atoms with Gasteiger partial charge in [-0.3, -0.25) is 14.5 Å². The van der Waals surface area contributed by atoms with E-state index < -0.39 is 0 Å². The van der Waals surface area contributed by atoms with Crippen LogP contribution in [0.5, 0.6) is 0 Å². The number of piperidine rings is 1. The van der Waals surface area contributed by atoms with E-state index in [2.05, 4.69) is 23.1 Å². The van der Waals surface area contributed by atoms with Crippen LogP contribution in [0.25, 0.3) is 0 Å². The fraction of sp³-hybridized carbons (Fsp3) is 0.375. The molecule has 1 aromatic carbocycles. The lowest BCUT2D eigenvalue weighted by molar-refractivity contribution is -0.00785. The highest BCUT2D eigenvalue weighted by Gasteiger charge is 2.25. The Morgan fingerprint density at radius 1 is 1.17 bits per heavy atom. The average Bonchev–Trinajstić information content (AvgIpc) is 3.09. The fourth-order valence-corrected chi connectivity index (χ4v) is 3.89. The number of likely N-dealkylation sites (tertiary alicyclic amines) is 1. The van der Waals surface area contributed by atoms with Gasteiger partial charge in [-0.05, 0) is 62.6 Å². The molecule has 0 aliphatic carbocycles. The summed E-state index contributed by atoms with van der Waals surface area (Å²) in [4.78, 5) is 19.2. The lowest BCUT2D eigenvalue weighted by atomic mass is 10.1. The van der Waals surface area contributed by atoms with Gasteiger partial charge in [0.2, 0.25) is 0 Å². The first-order valence-electron chi connectivity index (χ1n) is 10.5. The Bertz CT molecular complexity index is 982. The number of aryl methyl sites for hydroxylation is 2.